The summed E-state index contributed by atoms with van der Waals surface area (Å²) in [6.45, 7) is 2.40. The summed E-state index contributed by atoms with van der Waals surface area (Å²) < 4.78 is 0. The van der Waals surface area contributed by atoms with E-state index in [1.807, 2.05) is 0 Å². The number of halogens is 1. The molecule has 1 rings (SSSR count). The lowest BCUT2D eigenvalue weighted by Gasteiger charge is -2.20. The van der Waals surface area contributed by atoms with Crippen LogP contribution in [-0.2, 0) is 0 Å². The van der Waals surface area contributed by atoms with Gasteiger partial charge < -0.3 is 5.32 Å². The van der Waals surface area contributed by atoms with Crippen LogP contribution in [0.25, 0.3) is 0 Å². The van der Waals surface area contributed by atoms with Crippen molar-refractivity contribution in [1.29, 1.82) is 0 Å². The Labute approximate surface area is 68.4 Å². The molecule has 3 heteroatoms. The van der Waals surface area contributed by atoms with Crippen molar-refractivity contribution in [2.24, 2.45) is 5.92 Å². The van der Waals surface area contributed by atoms with Crippen LogP contribution in [0.4, 0.5) is 0 Å². The minimum Gasteiger partial charge on any atom is -0.316 e. The van der Waals surface area contributed by atoms with Crippen LogP contribution < -0.4 is 5.32 Å². The van der Waals surface area contributed by atoms with Gasteiger partial charge in [0.25, 0.3) is 0 Å². The largest absolute Gasteiger partial charge is 0.316 e. The van der Waals surface area contributed by atoms with Crippen molar-refractivity contribution in [3.63, 3.8) is 0 Å². The number of hydrogen-bond acceptors (Lipinski definition) is 2. The van der Waals surface area contributed by atoms with E-state index in [1.165, 1.54) is 25.9 Å². The maximum absolute atomic E-state index is 4.22. The van der Waals surface area contributed by atoms with Crippen molar-refractivity contribution in [1.82, 2.24) is 5.32 Å². The highest BCUT2D eigenvalue weighted by atomic mass is 35.5. The molecule has 0 aliphatic carbocycles. The van der Waals surface area contributed by atoms with Gasteiger partial charge in [0, 0.05) is 0 Å². The molecule has 1 saturated heterocycles. The molecule has 0 aromatic rings. The van der Waals surface area contributed by atoms with Gasteiger partial charge in [0.1, 0.15) is 0 Å². The summed E-state index contributed by atoms with van der Waals surface area (Å²) in [4.78, 5) is 0. The molecule has 0 spiro atoms. The molecule has 0 radical (unpaired) electrons. The van der Waals surface area contributed by atoms with E-state index in [0.29, 0.717) is 0 Å². The van der Waals surface area contributed by atoms with Gasteiger partial charge in [-0.05, 0) is 37.6 Å². The summed E-state index contributed by atoms with van der Waals surface area (Å²) in [6.07, 6.45) is 2.71. The molecule has 1 heterocycles. The fourth-order valence-electron chi connectivity index (χ4n) is 1.08. The average molecular weight is 168 g/mol. The fourth-order valence-corrected chi connectivity index (χ4v) is 1.39. The Bertz CT molecular complexity index is 64.1. The first-order valence-corrected chi connectivity index (χ1v) is 3.88. The van der Waals surface area contributed by atoms with E-state index in [-0.39, 0.29) is 12.4 Å². The number of rotatable bonds is 1. The minimum absolute atomic E-state index is 0. The first kappa shape index (κ1) is 9.60. The molecule has 1 aliphatic rings. The molecule has 56 valence electrons. The highest BCUT2D eigenvalue weighted by Crippen LogP contribution is 2.09. The Morgan fingerprint density at radius 3 is 2.67 bits per heavy atom. The lowest BCUT2D eigenvalue weighted by atomic mass is 10.0. The zero-order valence-corrected chi connectivity index (χ0v) is 7.18. The van der Waals surface area contributed by atoms with Gasteiger partial charge in [-0.3, -0.25) is 0 Å². The molecular formula is C6H14ClNS. The minimum atomic E-state index is 0. The van der Waals surface area contributed by atoms with Gasteiger partial charge in [0.2, 0.25) is 0 Å². The monoisotopic (exact) mass is 167 g/mol. The van der Waals surface area contributed by atoms with E-state index >= 15 is 0 Å². The molecule has 0 saturated carbocycles. The van der Waals surface area contributed by atoms with Crippen LogP contribution in [0.1, 0.15) is 12.8 Å². The lowest BCUT2D eigenvalue weighted by Crippen LogP contribution is -2.30. The molecule has 0 bridgehead atoms. The Hall–Kier alpha value is 0.600. The van der Waals surface area contributed by atoms with Crippen molar-refractivity contribution in [2.75, 3.05) is 18.8 Å². The second-order valence-electron chi connectivity index (χ2n) is 2.39. The van der Waals surface area contributed by atoms with Gasteiger partial charge in [-0.25, -0.2) is 0 Å². The van der Waals surface area contributed by atoms with Crippen molar-refractivity contribution in [3.05, 3.63) is 0 Å². The van der Waals surface area contributed by atoms with Gasteiger partial charge >= 0.3 is 0 Å². The molecule has 0 aromatic heterocycles. The predicted octanol–water partition coefficient (Wildman–Crippen LogP) is 1.34. The SMILES string of the molecule is Cl.SCC1CCCNC1. The number of hydrogen-bond donors (Lipinski definition) is 2. The maximum atomic E-state index is 4.22. The van der Waals surface area contributed by atoms with Crippen molar-refractivity contribution >= 4 is 25.0 Å². The standard InChI is InChI=1S/C6H13NS.ClH/c8-5-6-2-1-3-7-4-6;/h6-8H,1-5H2;1H. The number of piperidine rings is 1. The van der Waals surface area contributed by atoms with Crippen LogP contribution in [0.15, 0.2) is 0 Å². The van der Waals surface area contributed by atoms with Gasteiger partial charge in [0.15, 0.2) is 0 Å². The third kappa shape index (κ3) is 3.33. The van der Waals surface area contributed by atoms with Crippen LogP contribution in [0.2, 0.25) is 0 Å². The number of thiol groups is 1. The summed E-state index contributed by atoms with van der Waals surface area (Å²) in [7, 11) is 0. The van der Waals surface area contributed by atoms with E-state index < -0.39 is 0 Å². The Morgan fingerprint density at radius 2 is 2.33 bits per heavy atom. The smallest absolute Gasteiger partial charge is 0.00127 e. The van der Waals surface area contributed by atoms with E-state index in [2.05, 4.69) is 17.9 Å². The third-order valence-electron chi connectivity index (χ3n) is 1.66. The molecule has 1 unspecified atom stereocenters. The van der Waals surface area contributed by atoms with E-state index in [4.69, 9.17) is 0 Å². The zero-order chi connectivity index (χ0) is 5.82. The molecule has 9 heavy (non-hydrogen) atoms. The molecule has 1 fully saturated rings. The van der Waals surface area contributed by atoms with Gasteiger partial charge in [-0.1, -0.05) is 0 Å². The van der Waals surface area contributed by atoms with Gasteiger partial charge in [-0.2, -0.15) is 12.6 Å². The highest BCUT2D eigenvalue weighted by Gasteiger charge is 2.09. The summed E-state index contributed by atoms with van der Waals surface area (Å²) in [5, 5.41) is 3.34. The Kier molecular flexibility index (Phi) is 5.75. The summed E-state index contributed by atoms with van der Waals surface area (Å²) in [6, 6.07) is 0. The van der Waals surface area contributed by atoms with Crippen molar-refractivity contribution in [3.8, 4) is 0 Å². The van der Waals surface area contributed by atoms with E-state index in [9.17, 15) is 0 Å². The van der Waals surface area contributed by atoms with Crippen LogP contribution >= 0.6 is 25.0 Å². The fraction of sp³-hybridized carbons (Fsp3) is 1.00. The molecule has 1 N–H and O–H groups in total. The first-order valence-electron chi connectivity index (χ1n) is 3.25. The second-order valence-corrected chi connectivity index (χ2v) is 2.76. The topological polar surface area (TPSA) is 12.0 Å². The summed E-state index contributed by atoms with van der Waals surface area (Å²) >= 11 is 4.22. The summed E-state index contributed by atoms with van der Waals surface area (Å²) in [5.41, 5.74) is 0. The van der Waals surface area contributed by atoms with Crippen molar-refractivity contribution < 1.29 is 0 Å². The lowest BCUT2D eigenvalue weighted by molar-refractivity contribution is 0.411. The highest BCUT2D eigenvalue weighted by molar-refractivity contribution is 7.80. The molecular weight excluding hydrogens is 154 g/mol. The van der Waals surface area contributed by atoms with E-state index in [0.717, 1.165) is 11.7 Å². The average Bonchev–Trinajstić information content (AvgIpc) is 1.90. The normalized spacial score (nSPS) is 27.0. The molecule has 1 atom stereocenters. The van der Waals surface area contributed by atoms with Crippen molar-refractivity contribution in [2.45, 2.75) is 12.8 Å². The maximum Gasteiger partial charge on any atom is -0.00127 e. The summed E-state index contributed by atoms with van der Waals surface area (Å²) in [5.74, 6) is 1.89. The Balaban J connectivity index is 0.000000640. The molecule has 0 amide bonds. The van der Waals surface area contributed by atoms with Crippen LogP contribution in [0.3, 0.4) is 0 Å². The van der Waals surface area contributed by atoms with Crippen LogP contribution in [0.5, 0.6) is 0 Å². The third-order valence-corrected chi connectivity index (χ3v) is 2.17. The molecule has 1 nitrogen and oxygen atoms in total. The van der Waals surface area contributed by atoms with Gasteiger partial charge in [0.05, 0.1) is 0 Å². The number of nitrogens with one attached hydrogen (secondary N) is 1. The van der Waals surface area contributed by atoms with E-state index in [1.54, 1.807) is 0 Å². The first-order chi connectivity index (χ1) is 3.93. The second kappa shape index (κ2) is 5.39. The quantitative estimate of drug-likeness (QED) is 0.562. The van der Waals surface area contributed by atoms with Gasteiger partial charge in [-0.15, -0.1) is 12.4 Å². The van der Waals surface area contributed by atoms with Crippen LogP contribution in [0, 0.1) is 5.92 Å². The molecule has 0 aromatic carbocycles. The van der Waals surface area contributed by atoms with Crippen LogP contribution in [-0.4, -0.2) is 18.8 Å². The zero-order valence-electron chi connectivity index (χ0n) is 5.47. The Morgan fingerprint density at radius 1 is 1.56 bits per heavy atom. The molecule has 1 aliphatic heterocycles. The predicted molar refractivity (Wildman–Crippen MR) is 46.7 cm³/mol.